The number of methoxy groups -OCH3 is 1. The molecule has 3 aromatic rings. The zero-order valence-electron chi connectivity index (χ0n) is 18.7. The van der Waals surface area contributed by atoms with Crippen molar-refractivity contribution in [3.63, 3.8) is 0 Å². The van der Waals surface area contributed by atoms with Gasteiger partial charge >= 0.3 is 11.8 Å². The van der Waals surface area contributed by atoms with Crippen LogP contribution in [-0.4, -0.2) is 31.7 Å². The van der Waals surface area contributed by atoms with E-state index in [1.54, 1.807) is 30.3 Å². The number of ether oxygens (including phenoxy) is 3. The van der Waals surface area contributed by atoms with Gasteiger partial charge in [-0.1, -0.05) is 41.9 Å². The maximum absolute atomic E-state index is 12.2. The van der Waals surface area contributed by atoms with E-state index < -0.39 is 11.8 Å². The summed E-state index contributed by atoms with van der Waals surface area (Å²) < 4.78 is 16.7. The van der Waals surface area contributed by atoms with E-state index in [1.807, 2.05) is 37.3 Å². The molecule has 3 aromatic carbocycles. The maximum atomic E-state index is 12.2. The van der Waals surface area contributed by atoms with Crippen LogP contribution in [0.25, 0.3) is 0 Å². The number of benzene rings is 3. The molecule has 0 aliphatic carbocycles. The zero-order chi connectivity index (χ0) is 24.3. The first-order valence-corrected chi connectivity index (χ1v) is 10.8. The first kappa shape index (κ1) is 24.6. The van der Waals surface area contributed by atoms with E-state index in [4.69, 9.17) is 25.8 Å². The molecule has 0 fully saturated rings. The Labute approximate surface area is 202 Å². The normalized spacial score (nSPS) is 10.6. The predicted molar refractivity (Wildman–Crippen MR) is 131 cm³/mol. The third-order valence-corrected chi connectivity index (χ3v) is 4.74. The summed E-state index contributed by atoms with van der Waals surface area (Å²) in [5.41, 5.74) is 4.14. The Morgan fingerprint density at radius 3 is 2.44 bits per heavy atom. The summed E-state index contributed by atoms with van der Waals surface area (Å²) >= 11 is 5.94. The molecule has 9 heteroatoms. The number of carbonyl (C=O) groups is 2. The largest absolute Gasteiger partial charge is 0.495 e. The fourth-order valence-corrected chi connectivity index (χ4v) is 3.07. The molecule has 0 radical (unpaired) electrons. The van der Waals surface area contributed by atoms with Gasteiger partial charge in [-0.25, -0.2) is 5.43 Å². The highest BCUT2D eigenvalue weighted by Crippen LogP contribution is 2.29. The molecule has 34 heavy (non-hydrogen) atoms. The molecule has 0 spiro atoms. The monoisotopic (exact) mass is 481 g/mol. The average molecular weight is 482 g/mol. The van der Waals surface area contributed by atoms with Crippen LogP contribution >= 0.6 is 11.6 Å². The summed E-state index contributed by atoms with van der Waals surface area (Å²) in [6, 6.07) is 19.7. The number of amides is 2. The lowest BCUT2D eigenvalue weighted by molar-refractivity contribution is -0.136. The topological polar surface area (TPSA) is 98.2 Å². The zero-order valence-corrected chi connectivity index (χ0v) is 19.5. The van der Waals surface area contributed by atoms with Gasteiger partial charge in [0.05, 0.1) is 25.6 Å². The van der Waals surface area contributed by atoms with Gasteiger partial charge in [0.1, 0.15) is 12.4 Å². The lowest BCUT2D eigenvalue weighted by Crippen LogP contribution is -2.32. The van der Waals surface area contributed by atoms with Crippen molar-refractivity contribution < 1.29 is 23.8 Å². The molecule has 0 bridgehead atoms. The van der Waals surface area contributed by atoms with Crippen molar-refractivity contribution in [3.05, 3.63) is 82.9 Å². The predicted octanol–water partition coefficient (Wildman–Crippen LogP) is 4.42. The van der Waals surface area contributed by atoms with Crippen LogP contribution in [0.3, 0.4) is 0 Å². The van der Waals surface area contributed by atoms with Crippen molar-refractivity contribution in [2.75, 3.05) is 19.0 Å². The van der Waals surface area contributed by atoms with E-state index in [-0.39, 0.29) is 5.69 Å². The van der Waals surface area contributed by atoms with Gasteiger partial charge in [-0.05, 0) is 54.4 Å². The van der Waals surface area contributed by atoms with Gasteiger partial charge in [0.2, 0.25) is 0 Å². The van der Waals surface area contributed by atoms with Gasteiger partial charge in [-0.15, -0.1) is 0 Å². The number of rotatable bonds is 9. The van der Waals surface area contributed by atoms with Crippen LogP contribution < -0.4 is 25.0 Å². The maximum Gasteiger partial charge on any atom is 0.329 e. The van der Waals surface area contributed by atoms with Gasteiger partial charge in [-0.3, -0.25) is 9.59 Å². The molecular weight excluding hydrogens is 458 g/mol. The standard InChI is InChI=1S/C25H24ClN3O5/c1-3-33-23-13-18(9-11-22(23)34-16-17-7-5-4-6-8-17)15-27-29-25(31)24(30)28-20-14-19(26)10-12-21(20)32-2/h4-15H,3,16H2,1-2H3,(H,28,30)(H,29,31)/b27-15+. The molecule has 0 aliphatic heterocycles. The minimum absolute atomic E-state index is 0.270. The highest BCUT2D eigenvalue weighted by atomic mass is 35.5. The molecule has 2 N–H and O–H groups in total. The van der Waals surface area contributed by atoms with Crippen LogP contribution in [0.5, 0.6) is 17.2 Å². The summed E-state index contributed by atoms with van der Waals surface area (Å²) in [6.07, 6.45) is 1.40. The molecule has 0 heterocycles. The van der Waals surface area contributed by atoms with E-state index in [2.05, 4.69) is 15.8 Å². The third kappa shape index (κ3) is 6.98. The van der Waals surface area contributed by atoms with Crippen molar-refractivity contribution in [1.82, 2.24) is 5.43 Å². The first-order chi connectivity index (χ1) is 16.5. The van der Waals surface area contributed by atoms with Crippen molar-refractivity contribution in [3.8, 4) is 17.2 Å². The van der Waals surface area contributed by atoms with Crippen LogP contribution in [0.4, 0.5) is 5.69 Å². The fourth-order valence-electron chi connectivity index (χ4n) is 2.90. The molecule has 3 rings (SSSR count). The molecule has 8 nitrogen and oxygen atoms in total. The quantitative estimate of drug-likeness (QED) is 0.268. The summed E-state index contributed by atoms with van der Waals surface area (Å²) in [6.45, 7) is 2.72. The molecular formula is C25H24ClN3O5. The number of hydrazone groups is 1. The summed E-state index contributed by atoms with van der Waals surface area (Å²) in [5.74, 6) is -0.378. The van der Waals surface area contributed by atoms with Gasteiger partial charge in [-0.2, -0.15) is 5.10 Å². The Bertz CT molecular complexity index is 1170. The summed E-state index contributed by atoms with van der Waals surface area (Å²) in [5, 5.41) is 6.68. The second kappa shape index (κ2) is 12.3. The van der Waals surface area contributed by atoms with Crippen LogP contribution in [0.2, 0.25) is 5.02 Å². The lowest BCUT2D eigenvalue weighted by atomic mass is 10.2. The van der Waals surface area contributed by atoms with E-state index in [1.165, 1.54) is 19.4 Å². The number of hydrogen-bond donors (Lipinski definition) is 2. The van der Waals surface area contributed by atoms with Crippen LogP contribution in [-0.2, 0) is 16.2 Å². The highest BCUT2D eigenvalue weighted by molar-refractivity contribution is 6.40. The van der Waals surface area contributed by atoms with Gasteiger partial charge in [0.15, 0.2) is 11.5 Å². The van der Waals surface area contributed by atoms with Gasteiger partial charge < -0.3 is 19.5 Å². The van der Waals surface area contributed by atoms with Crippen LogP contribution in [0.15, 0.2) is 71.8 Å². The number of nitrogens with zero attached hydrogens (tertiary/aromatic N) is 1. The summed E-state index contributed by atoms with van der Waals surface area (Å²) in [7, 11) is 1.44. The molecule has 176 valence electrons. The van der Waals surface area contributed by atoms with Crippen molar-refractivity contribution in [2.24, 2.45) is 5.10 Å². The highest BCUT2D eigenvalue weighted by Gasteiger charge is 2.15. The molecule has 0 saturated carbocycles. The fraction of sp³-hybridized carbons (Fsp3) is 0.160. The smallest absolute Gasteiger partial charge is 0.329 e. The number of hydrogen-bond acceptors (Lipinski definition) is 6. The Kier molecular flexibility index (Phi) is 8.88. The number of halogens is 1. The Morgan fingerprint density at radius 2 is 1.71 bits per heavy atom. The van der Waals surface area contributed by atoms with Gasteiger partial charge in [0.25, 0.3) is 0 Å². The van der Waals surface area contributed by atoms with E-state index in [0.29, 0.717) is 41.0 Å². The minimum Gasteiger partial charge on any atom is -0.495 e. The third-order valence-electron chi connectivity index (χ3n) is 4.50. The van der Waals surface area contributed by atoms with Crippen LogP contribution in [0.1, 0.15) is 18.1 Å². The van der Waals surface area contributed by atoms with Crippen LogP contribution in [0, 0.1) is 0 Å². The van der Waals surface area contributed by atoms with E-state index in [0.717, 1.165) is 5.56 Å². The number of nitrogens with one attached hydrogen (secondary N) is 2. The molecule has 0 aliphatic rings. The Morgan fingerprint density at radius 1 is 0.941 bits per heavy atom. The van der Waals surface area contributed by atoms with Crippen molar-refractivity contribution in [2.45, 2.75) is 13.5 Å². The molecule has 0 atom stereocenters. The molecule has 0 unspecified atom stereocenters. The van der Waals surface area contributed by atoms with E-state index >= 15 is 0 Å². The second-order valence-corrected chi connectivity index (χ2v) is 7.35. The molecule has 0 aromatic heterocycles. The van der Waals surface area contributed by atoms with Crippen molar-refractivity contribution in [1.29, 1.82) is 0 Å². The lowest BCUT2D eigenvalue weighted by Gasteiger charge is -2.12. The molecule has 2 amide bonds. The Balaban J connectivity index is 1.61. The minimum atomic E-state index is -0.953. The first-order valence-electron chi connectivity index (χ1n) is 10.4. The number of carbonyl (C=O) groups excluding carboxylic acids is 2. The van der Waals surface area contributed by atoms with Crippen molar-refractivity contribution >= 4 is 35.3 Å². The van der Waals surface area contributed by atoms with Gasteiger partial charge in [0, 0.05) is 5.02 Å². The number of anilines is 1. The average Bonchev–Trinajstić information content (AvgIpc) is 2.84. The summed E-state index contributed by atoms with van der Waals surface area (Å²) in [4.78, 5) is 24.3. The Hall–Kier alpha value is -4.04. The van der Waals surface area contributed by atoms with E-state index in [9.17, 15) is 9.59 Å². The molecule has 0 saturated heterocycles. The SMILES string of the molecule is CCOc1cc(/C=N/NC(=O)C(=O)Nc2cc(Cl)ccc2OC)ccc1OCc1ccccc1. The second-order valence-electron chi connectivity index (χ2n) is 6.91.